The Morgan fingerprint density at radius 2 is 2.06 bits per heavy atom. The van der Waals surface area contributed by atoms with Crippen LogP contribution in [0.25, 0.3) is 0 Å². The average molecular weight is 236 g/mol. The van der Waals surface area contributed by atoms with Crippen LogP contribution in [-0.2, 0) is 20.7 Å². The quantitative estimate of drug-likeness (QED) is 0.697. The molecule has 92 valence electrons. The zero-order valence-electron chi connectivity index (χ0n) is 9.54. The first-order chi connectivity index (χ1) is 8.22. The highest BCUT2D eigenvalue weighted by Gasteiger charge is 2.08. The number of carboxylic acids is 1. The Bertz CT molecular complexity index is 348. The molecule has 0 bridgehead atoms. The van der Waals surface area contributed by atoms with Crippen molar-refractivity contribution in [2.24, 2.45) is 0 Å². The van der Waals surface area contributed by atoms with E-state index in [1.165, 1.54) is 0 Å². The Kier molecular flexibility index (Phi) is 5.96. The van der Waals surface area contributed by atoms with Crippen molar-refractivity contribution in [1.82, 2.24) is 0 Å². The number of aliphatic carboxylic acids is 1. The van der Waals surface area contributed by atoms with Crippen molar-refractivity contribution in [3.63, 3.8) is 0 Å². The molecule has 1 aromatic carbocycles. The van der Waals surface area contributed by atoms with Gasteiger partial charge in [0.25, 0.3) is 0 Å². The zero-order valence-corrected chi connectivity index (χ0v) is 9.54. The van der Waals surface area contributed by atoms with Crippen LogP contribution in [0.3, 0.4) is 0 Å². The highest BCUT2D eigenvalue weighted by Crippen LogP contribution is 2.06. The van der Waals surface area contributed by atoms with Crippen molar-refractivity contribution in [3.8, 4) is 0 Å². The molecule has 0 heterocycles. The maximum absolute atomic E-state index is 10.7. The van der Waals surface area contributed by atoms with Crippen LogP contribution in [0.5, 0.6) is 0 Å². The Morgan fingerprint density at radius 3 is 2.65 bits per heavy atom. The number of rotatable bonds is 8. The summed E-state index contributed by atoms with van der Waals surface area (Å²) in [6, 6.07) is 9.79. The summed E-state index contributed by atoms with van der Waals surface area (Å²) in [4.78, 5) is 21.0. The van der Waals surface area contributed by atoms with Gasteiger partial charge in [0.2, 0.25) is 0 Å². The van der Waals surface area contributed by atoms with E-state index < -0.39 is 12.1 Å². The first kappa shape index (κ1) is 13.4. The second kappa shape index (κ2) is 7.57. The van der Waals surface area contributed by atoms with E-state index in [0.717, 1.165) is 18.3 Å². The van der Waals surface area contributed by atoms with Gasteiger partial charge in [-0.3, -0.25) is 4.79 Å². The molecule has 4 nitrogen and oxygen atoms in total. The molecule has 17 heavy (non-hydrogen) atoms. The maximum Gasteiger partial charge on any atom is 0.305 e. The van der Waals surface area contributed by atoms with Gasteiger partial charge < -0.3 is 14.6 Å². The molecule has 0 fully saturated rings. The maximum atomic E-state index is 10.7. The minimum Gasteiger partial charge on any atom is -0.481 e. The Balaban J connectivity index is 2.27. The predicted molar refractivity (Wildman–Crippen MR) is 62.8 cm³/mol. The Hall–Kier alpha value is -1.68. The van der Waals surface area contributed by atoms with Gasteiger partial charge >= 0.3 is 5.97 Å². The SMILES string of the molecule is O=CC(CCc1ccccc1)OCCC(=O)O. The highest BCUT2D eigenvalue weighted by molar-refractivity contribution is 5.66. The topological polar surface area (TPSA) is 63.6 Å². The lowest BCUT2D eigenvalue weighted by Gasteiger charge is -2.10. The minimum atomic E-state index is -0.919. The van der Waals surface area contributed by atoms with Gasteiger partial charge in [-0.15, -0.1) is 0 Å². The molecule has 4 heteroatoms. The molecule has 0 aliphatic rings. The van der Waals surface area contributed by atoms with Crippen LogP contribution in [0, 0.1) is 0 Å². The smallest absolute Gasteiger partial charge is 0.305 e. The summed E-state index contributed by atoms with van der Waals surface area (Å²) < 4.78 is 5.17. The van der Waals surface area contributed by atoms with Crippen LogP contribution >= 0.6 is 0 Å². The third-order valence-electron chi connectivity index (χ3n) is 2.36. The lowest BCUT2D eigenvalue weighted by molar-refractivity contribution is -0.139. The van der Waals surface area contributed by atoms with E-state index in [-0.39, 0.29) is 13.0 Å². The van der Waals surface area contributed by atoms with Crippen LogP contribution in [0.2, 0.25) is 0 Å². The summed E-state index contributed by atoms with van der Waals surface area (Å²) >= 11 is 0. The third-order valence-corrected chi connectivity index (χ3v) is 2.36. The fourth-order valence-corrected chi connectivity index (χ4v) is 1.44. The Morgan fingerprint density at radius 1 is 1.35 bits per heavy atom. The Labute approximate surface area is 100 Å². The largest absolute Gasteiger partial charge is 0.481 e. The second-order valence-corrected chi connectivity index (χ2v) is 3.71. The molecule has 0 saturated carbocycles. The van der Waals surface area contributed by atoms with Crippen molar-refractivity contribution in [1.29, 1.82) is 0 Å². The summed E-state index contributed by atoms with van der Waals surface area (Å²) in [6.45, 7) is 0.0769. The van der Waals surface area contributed by atoms with E-state index in [2.05, 4.69) is 0 Å². The van der Waals surface area contributed by atoms with Gasteiger partial charge in [-0.05, 0) is 18.4 Å². The van der Waals surface area contributed by atoms with Crippen molar-refractivity contribution in [2.75, 3.05) is 6.61 Å². The van der Waals surface area contributed by atoms with Crippen LogP contribution in [0.1, 0.15) is 18.4 Å². The minimum absolute atomic E-state index is 0.0737. The number of hydrogen-bond acceptors (Lipinski definition) is 3. The molecular weight excluding hydrogens is 220 g/mol. The monoisotopic (exact) mass is 236 g/mol. The third kappa shape index (κ3) is 5.82. The van der Waals surface area contributed by atoms with Gasteiger partial charge in [-0.2, -0.15) is 0 Å². The van der Waals surface area contributed by atoms with Gasteiger partial charge in [0.15, 0.2) is 0 Å². The number of hydrogen-bond donors (Lipinski definition) is 1. The molecule has 1 rings (SSSR count). The number of benzene rings is 1. The second-order valence-electron chi connectivity index (χ2n) is 3.71. The van der Waals surface area contributed by atoms with Gasteiger partial charge in [0, 0.05) is 0 Å². The molecule has 0 spiro atoms. The first-order valence-corrected chi connectivity index (χ1v) is 5.55. The summed E-state index contributed by atoms with van der Waals surface area (Å²) in [5.41, 5.74) is 1.14. The molecule has 0 aliphatic heterocycles. The van der Waals surface area contributed by atoms with Crippen LogP contribution < -0.4 is 0 Å². The predicted octanol–water partition coefficient (Wildman–Crippen LogP) is 1.68. The molecule has 1 unspecified atom stereocenters. The molecular formula is C13H16O4. The average Bonchev–Trinajstić information content (AvgIpc) is 2.34. The summed E-state index contributed by atoms with van der Waals surface area (Å²) in [7, 11) is 0. The molecule has 1 atom stereocenters. The van der Waals surface area contributed by atoms with Crippen molar-refractivity contribution < 1.29 is 19.4 Å². The fourth-order valence-electron chi connectivity index (χ4n) is 1.44. The van der Waals surface area contributed by atoms with Gasteiger partial charge in [-0.1, -0.05) is 30.3 Å². The van der Waals surface area contributed by atoms with E-state index in [0.29, 0.717) is 6.42 Å². The normalized spacial score (nSPS) is 12.0. The van der Waals surface area contributed by atoms with E-state index >= 15 is 0 Å². The van der Waals surface area contributed by atoms with Crippen molar-refractivity contribution in [2.45, 2.75) is 25.4 Å². The molecule has 0 saturated heterocycles. The summed E-state index contributed by atoms with van der Waals surface area (Å²) in [6.07, 6.45) is 1.46. The van der Waals surface area contributed by atoms with E-state index in [1.54, 1.807) is 0 Å². The molecule has 0 aliphatic carbocycles. The number of carboxylic acid groups (broad SMARTS) is 1. The molecule has 0 radical (unpaired) electrons. The number of carbonyl (C=O) groups is 2. The van der Waals surface area contributed by atoms with Crippen molar-refractivity contribution in [3.05, 3.63) is 35.9 Å². The van der Waals surface area contributed by atoms with Crippen molar-refractivity contribution >= 4 is 12.3 Å². The zero-order chi connectivity index (χ0) is 12.5. The molecule has 1 aromatic rings. The number of carbonyl (C=O) groups excluding carboxylic acids is 1. The number of aldehydes is 1. The van der Waals surface area contributed by atoms with Crippen LogP contribution in [0.4, 0.5) is 0 Å². The lowest BCUT2D eigenvalue weighted by Crippen LogP contribution is -2.17. The highest BCUT2D eigenvalue weighted by atomic mass is 16.5. The summed E-state index contributed by atoms with van der Waals surface area (Å²) in [5.74, 6) is -0.919. The standard InChI is InChI=1S/C13H16O4/c14-10-12(17-9-8-13(15)16)7-6-11-4-2-1-3-5-11/h1-5,10,12H,6-9H2,(H,15,16). The lowest BCUT2D eigenvalue weighted by atomic mass is 10.1. The summed E-state index contributed by atoms with van der Waals surface area (Å²) in [5, 5.41) is 8.44. The fraction of sp³-hybridized carbons (Fsp3) is 0.385. The molecule has 0 amide bonds. The van der Waals surface area contributed by atoms with E-state index in [4.69, 9.17) is 9.84 Å². The molecule has 0 aromatic heterocycles. The van der Waals surface area contributed by atoms with E-state index in [9.17, 15) is 9.59 Å². The van der Waals surface area contributed by atoms with Gasteiger partial charge in [0.1, 0.15) is 12.4 Å². The van der Waals surface area contributed by atoms with Gasteiger partial charge in [-0.25, -0.2) is 0 Å². The van der Waals surface area contributed by atoms with E-state index in [1.807, 2.05) is 30.3 Å². The first-order valence-electron chi connectivity index (χ1n) is 5.55. The van der Waals surface area contributed by atoms with Crippen LogP contribution in [-0.4, -0.2) is 30.1 Å². The van der Waals surface area contributed by atoms with Gasteiger partial charge in [0.05, 0.1) is 13.0 Å². The number of aryl methyl sites for hydroxylation is 1. The number of ether oxygens (including phenoxy) is 1. The van der Waals surface area contributed by atoms with Crippen LogP contribution in [0.15, 0.2) is 30.3 Å². The molecule has 1 N–H and O–H groups in total.